The number of likely N-dealkylation sites (tertiary alicyclic amines) is 1. The first kappa shape index (κ1) is 22.0. The van der Waals surface area contributed by atoms with Gasteiger partial charge in [-0.2, -0.15) is 0 Å². The number of piperidine rings is 2. The van der Waals surface area contributed by atoms with Crippen LogP contribution in [0, 0.1) is 5.92 Å². The third-order valence-electron chi connectivity index (χ3n) is 9.19. The van der Waals surface area contributed by atoms with Crippen LogP contribution < -0.4 is 10.1 Å². The van der Waals surface area contributed by atoms with Gasteiger partial charge in [0.2, 0.25) is 11.8 Å². The fraction of sp³-hybridized carbons (Fsp3) is 0.483. The molecular weight excluding hydrogens is 454 g/mol. The fourth-order valence-electron chi connectivity index (χ4n) is 6.95. The molecule has 1 saturated carbocycles. The van der Waals surface area contributed by atoms with Gasteiger partial charge in [-0.15, -0.1) is 0 Å². The Morgan fingerprint density at radius 1 is 1.03 bits per heavy atom. The number of rotatable bonds is 4. The molecule has 4 heterocycles. The summed E-state index contributed by atoms with van der Waals surface area (Å²) in [5.74, 6) is 1.55. The van der Waals surface area contributed by atoms with Gasteiger partial charge in [0.05, 0.1) is 13.2 Å². The number of amides is 3. The van der Waals surface area contributed by atoms with Crippen molar-refractivity contribution in [1.29, 1.82) is 0 Å². The van der Waals surface area contributed by atoms with Crippen LogP contribution in [0.4, 0.5) is 0 Å². The summed E-state index contributed by atoms with van der Waals surface area (Å²) in [5.41, 5.74) is 4.25. The highest BCUT2D eigenvalue weighted by Gasteiger charge is 2.48. The van der Waals surface area contributed by atoms with Crippen molar-refractivity contribution < 1.29 is 19.1 Å². The lowest BCUT2D eigenvalue weighted by Gasteiger charge is -2.38. The van der Waals surface area contributed by atoms with Crippen molar-refractivity contribution in [1.82, 2.24) is 15.1 Å². The molecule has 7 nitrogen and oxygen atoms in total. The number of carbonyl (C=O) groups is 3. The van der Waals surface area contributed by atoms with Crippen molar-refractivity contribution in [2.45, 2.75) is 56.0 Å². The number of hydrogen-bond donors (Lipinski definition) is 1. The molecule has 0 aromatic heterocycles. The van der Waals surface area contributed by atoms with Gasteiger partial charge in [-0.05, 0) is 62.2 Å². The summed E-state index contributed by atoms with van der Waals surface area (Å²) >= 11 is 0. The molecule has 2 aromatic carbocycles. The molecule has 1 aliphatic carbocycles. The number of ether oxygens (including phenoxy) is 1. The molecule has 4 aliphatic heterocycles. The first-order valence-corrected chi connectivity index (χ1v) is 13.2. The molecule has 2 aromatic rings. The smallest absolute Gasteiger partial charge is 0.255 e. The zero-order chi connectivity index (χ0) is 24.4. The number of imide groups is 1. The van der Waals surface area contributed by atoms with E-state index in [-0.39, 0.29) is 29.6 Å². The third-order valence-corrected chi connectivity index (χ3v) is 9.19. The maximum absolute atomic E-state index is 13.2. The highest BCUT2D eigenvalue weighted by atomic mass is 16.5. The van der Waals surface area contributed by atoms with Crippen LogP contribution in [0.15, 0.2) is 42.5 Å². The van der Waals surface area contributed by atoms with Crippen LogP contribution in [0.2, 0.25) is 0 Å². The molecule has 7 rings (SSSR count). The number of nitrogens with zero attached hydrogens (tertiary/aromatic N) is 2. The Balaban J connectivity index is 1.04. The van der Waals surface area contributed by atoms with Crippen LogP contribution in [0.1, 0.15) is 65.1 Å². The summed E-state index contributed by atoms with van der Waals surface area (Å²) in [6.07, 6.45) is 4.05. The normalized spacial score (nSPS) is 28.6. The maximum atomic E-state index is 13.2. The van der Waals surface area contributed by atoms with Crippen LogP contribution in [-0.2, 0) is 21.5 Å². The van der Waals surface area contributed by atoms with Crippen molar-refractivity contribution in [3.8, 4) is 5.75 Å². The van der Waals surface area contributed by atoms with Crippen molar-refractivity contribution in [2.75, 3.05) is 26.2 Å². The molecule has 7 heteroatoms. The Labute approximate surface area is 210 Å². The van der Waals surface area contributed by atoms with Gasteiger partial charge in [-0.25, -0.2) is 0 Å². The lowest BCUT2D eigenvalue weighted by molar-refractivity contribution is -0.136. The van der Waals surface area contributed by atoms with E-state index < -0.39 is 6.04 Å². The summed E-state index contributed by atoms with van der Waals surface area (Å²) in [7, 11) is 0. The van der Waals surface area contributed by atoms with Crippen LogP contribution in [0.25, 0.3) is 0 Å². The van der Waals surface area contributed by atoms with E-state index in [2.05, 4.69) is 46.6 Å². The highest BCUT2D eigenvalue weighted by Crippen LogP contribution is 2.51. The second-order valence-electron chi connectivity index (χ2n) is 11.3. The third kappa shape index (κ3) is 3.47. The number of nitrogens with one attached hydrogen (secondary N) is 1. The van der Waals surface area contributed by atoms with Gasteiger partial charge in [-0.1, -0.05) is 36.4 Å². The minimum atomic E-state index is -0.598. The molecule has 1 spiro atoms. The SMILES string of the molecule is O=C1CCC(N2Cc3c(ccc4c3OCC43CCN(C[C@@H]4C[C@H]4c4ccccc4)CC3)C2=O)C(=O)N1. The predicted octanol–water partition coefficient (Wildman–Crippen LogP) is 2.98. The van der Waals surface area contributed by atoms with Crippen molar-refractivity contribution in [3.63, 3.8) is 0 Å². The zero-order valence-corrected chi connectivity index (χ0v) is 20.4. The van der Waals surface area contributed by atoms with Gasteiger partial charge in [0.1, 0.15) is 11.8 Å². The molecule has 3 atom stereocenters. The fourth-order valence-corrected chi connectivity index (χ4v) is 6.95. The summed E-state index contributed by atoms with van der Waals surface area (Å²) in [6, 6.07) is 14.3. The molecule has 0 bridgehead atoms. The van der Waals surface area contributed by atoms with Gasteiger partial charge in [-0.3, -0.25) is 19.7 Å². The second kappa shape index (κ2) is 8.17. The van der Waals surface area contributed by atoms with E-state index in [1.54, 1.807) is 4.90 Å². The molecule has 36 heavy (non-hydrogen) atoms. The predicted molar refractivity (Wildman–Crippen MR) is 133 cm³/mol. The summed E-state index contributed by atoms with van der Waals surface area (Å²) in [6.45, 7) is 4.34. The Morgan fingerprint density at radius 3 is 2.61 bits per heavy atom. The minimum absolute atomic E-state index is 0.00828. The first-order valence-electron chi connectivity index (χ1n) is 13.2. The highest BCUT2D eigenvalue weighted by molar-refractivity contribution is 6.05. The van der Waals surface area contributed by atoms with E-state index in [9.17, 15) is 14.4 Å². The molecule has 5 aliphatic rings. The van der Waals surface area contributed by atoms with Gasteiger partial charge < -0.3 is 14.5 Å². The lowest BCUT2D eigenvalue weighted by Crippen LogP contribution is -2.52. The number of hydrogen-bond acceptors (Lipinski definition) is 5. The van der Waals surface area contributed by atoms with Gasteiger partial charge in [0, 0.05) is 35.1 Å². The number of fused-ring (bicyclic) bond motifs is 4. The monoisotopic (exact) mass is 485 g/mol. The first-order chi connectivity index (χ1) is 17.5. The zero-order valence-electron chi connectivity index (χ0n) is 20.4. The average molecular weight is 486 g/mol. The van der Waals surface area contributed by atoms with E-state index in [4.69, 9.17) is 4.74 Å². The largest absolute Gasteiger partial charge is 0.492 e. The summed E-state index contributed by atoms with van der Waals surface area (Å²) in [4.78, 5) is 41.4. The average Bonchev–Trinajstić information content (AvgIpc) is 3.46. The molecular formula is C29H31N3O4. The van der Waals surface area contributed by atoms with Crippen molar-refractivity contribution in [3.05, 3.63) is 64.7 Å². The lowest BCUT2D eigenvalue weighted by atomic mass is 9.74. The van der Waals surface area contributed by atoms with E-state index in [0.717, 1.165) is 43.2 Å². The van der Waals surface area contributed by atoms with Crippen LogP contribution in [0.3, 0.4) is 0 Å². The molecule has 1 N–H and O–H groups in total. The topological polar surface area (TPSA) is 79.0 Å². The molecule has 186 valence electrons. The van der Waals surface area contributed by atoms with E-state index >= 15 is 0 Å². The molecule has 3 amide bonds. The van der Waals surface area contributed by atoms with E-state index in [1.165, 1.54) is 24.1 Å². The second-order valence-corrected chi connectivity index (χ2v) is 11.3. The Hall–Kier alpha value is -3.19. The molecule has 1 unspecified atom stereocenters. The number of carbonyl (C=O) groups excluding carboxylic acids is 3. The summed E-state index contributed by atoms with van der Waals surface area (Å²) < 4.78 is 6.31. The van der Waals surface area contributed by atoms with Gasteiger partial charge >= 0.3 is 0 Å². The Kier molecular flexibility index (Phi) is 5.00. The van der Waals surface area contributed by atoms with Crippen molar-refractivity contribution >= 4 is 17.7 Å². The van der Waals surface area contributed by atoms with Crippen LogP contribution in [0.5, 0.6) is 5.75 Å². The van der Waals surface area contributed by atoms with Crippen LogP contribution in [-0.4, -0.2) is 59.8 Å². The molecule has 0 radical (unpaired) electrons. The standard InChI is InChI=1S/C29H31N3O4/c33-25-9-8-24(27(34)30-25)32-16-22-20(28(32)35)6-7-23-26(22)36-17-29(23)10-12-31(13-11-29)15-19-14-21(19)18-4-2-1-3-5-18/h1-7,19,21,24H,8-17H2,(H,30,33,34)/t19-,21-,24?/m0/s1. The Bertz CT molecular complexity index is 1250. The van der Waals surface area contributed by atoms with E-state index in [0.29, 0.717) is 31.1 Å². The quantitative estimate of drug-likeness (QED) is 0.674. The minimum Gasteiger partial charge on any atom is -0.492 e. The van der Waals surface area contributed by atoms with Gasteiger partial charge in [0.25, 0.3) is 5.91 Å². The number of benzene rings is 2. The Morgan fingerprint density at radius 2 is 1.83 bits per heavy atom. The van der Waals surface area contributed by atoms with Crippen LogP contribution >= 0.6 is 0 Å². The summed E-state index contributed by atoms with van der Waals surface area (Å²) in [5, 5.41) is 2.38. The molecule has 3 fully saturated rings. The van der Waals surface area contributed by atoms with E-state index in [1.807, 2.05) is 6.07 Å². The molecule has 2 saturated heterocycles. The van der Waals surface area contributed by atoms with Crippen molar-refractivity contribution in [2.24, 2.45) is 5.92 Å². The maximum Gasteiger partial charge on any atom is 0.255 e. The van der Waals surface area contributed by atoms with Gasteiger partial charge in [0.15, 0.2) is 0 Å².